The Morgan fingerprint density at radius 3 is 2.66 bits per heavy atom. The molecule has 0 spiro atoms. The Morgan fingerprint density at radius 2 is 1.93 bits per heavy atom. The zero-order valence-corrected chi connectivity index (χ0v) is 18.2. The first-order valence-corrected chi connectivity index (χ1v) is 10.6. The van der Waals surface area contributed by atoms with Gasteiger partial charge in [0.05, 0.1) is 23.9 Å². The summed E-state index contributed by atoms with van der Waals surface area (Å²) in [6.45, 7) is 7.67. The van der Waals surface area contributed by atoms with Gasteiger partial charge >= 0.3 is 6.03 Å². The van der Waals surface area contributed by atoms with Gasteiger partial charge < -0.3 is 15.0 Å². The van der Waals surface area contributed by atoms with E-state index in [4.69, 9.17) is 27.9 Å². The quantitative estimate of drug-likeness (QED) is 0.660. The van der Waals surface area contributed by atoms with Crippen LogP contribution >= 0.6 is 23.2 Å². The van der Waals surface area contributed by atoms with Crippen LogP contribution in [0.2, 0.25) is 10.0 Å². The molecule has 3 rings (SSSR count). The van der Waals surface area contributed by atoms with Crippen LogP contribution in [0, 0.1) is 6.92 Å². The molecule has 1 heterocycles. The van der Waals surface area contributed by atoms with Gasteiger partial charge in [-0.3, -0.25) is 4.90 Å². The molecule has 0 saturated carbocycles. The van der Waals surface area contributed by atoms with Crippen molar-refractivity contribution in [1.29, 1.82) is 0 Å². The number of hydrogen-bond acceptors (Lipinski definition) is 3. The van der Waals surface area contributed by atoms with E-state index in [1.54, 1.807) is 18.2 Å². The Morgan fingerprint density at radius 1 is 1.17 bits per heavy atom. The van der Waals surface area contributed by atoms with Crippen molar-refractivity contribution in [3.8, 4) is 0 Å². The molecule has 5 nitrogen and oxygen atoms in total. The standard InChI is InChI=1S/C22H27Cl2N3O2/c1-17-5-2-3-6-18(17)16-27(10-4-9-26-11-13-29-14-12-26)22(28)25-21-8-7-19(23)15-20(21)24/h2-3,5-8,15H,4,9-14,16H2,1H3,(H,25,28). The molecule has 0 atom stereocenters. The van der Waals surface area contributed by atoms with Gasteiger partial charge in [0, 0.05) is 37.7 Å². The number of morpholine rings is 1. The van der Waals surface area contributed by atoms with Gasteiger partial charge in [-0.1, -0.05) is 47.5 Å². The average molecular weight is 436 g/mol. The third-order valence-electron chi connectivity index (χ3n) is 5.09. The molecule has 1 saturated heterocycles. The van der Waals surface area contributed by atoms with E-state index < -0.39 is 0 Å². The molecule has 0 radical (unpaired) electrons. The summed E-state index contributed by atoms with van der Waals surface area (Å²) < 4.78 is 5.41. The van der Waals surface area contributed by atoms with E-state index in [-0.39, 0.29) is 6.03 Å². The molecule has 1 N–H and O–H groups in total. The van der Waals surface area contributed by atoms with E-state index in [1.165, 1.54) is 5.56 Å². The summed E-state index contributed by atoms with van der Waals surface area (Å²) in [5.41, 5.74) is 2.86. The lowest BCUT2D eigenvalue weighted by molar-refractivity contribution is 0.0365. The van der Waals surface area contributed by atoms with E-state index in [2.05, 4.69) is 29.3 Å². The lowest BCUT2D eigenvalue weighted by atomic mass is 10.1. The number of rotatable bonds is 7. The van der Waals surface area contributed by atoms with E-state index in [0.29, 0.717) is 28.8 Å². The summed E-state index contributed by atoms with van der Waals surface area (Å²) in [6.07, 6.45) is 0.896. The molecule has 2 aromatic rings. The first-order chi connectivity index (χ1) is 14.0. The van der Waals surface area contributed by atoms with Gasteiger partial charge in [-0.05, 0) is 42.7 Å². The molecule has 29 heavy (non-hydrogen) atoms. The molecule has 0 aromatic heterocycles. The number of nitrogens with one attached hydrogen (secondary N) is 1. The minimum atomic E-state index is -0.167. The minimum Gasteiger partial charge on any atom is -0.379 e. The number of hydrogen-bond donors (Lipinski definition) is 1. The molecule has 2 amide bonds. The van der Waals surface area contributed by atoms with Crippen LogP contribution in [0.15, 0.2) is 42.5 Å². The fourth-order valence-electron chi connectivity index (χ4n) is 3.34. The molecule has 2 aromatic carbocycles. The number of aryl methyl sites for hydroxylation is 1. The highest BCUT2D eigenvalue weighted by atomic mass is 35.5. The SMILES string of the molecule is Cc1ccccc1CN(CCCN1CCOCC1)C(=O)Nc1ccc(Cl)cc1Cl. The zero-order valence-electron chi connectivity index (χ0n) is 16.7. The third-order valence-corrected chi connectivity index (χ3v) is 5.64. The Kier molecular flexibility index (Phi) is 8.19. The lowest BCUT2D eigenvalue weighted by Crippen LogP contribution is -2.40. The molecule has 7 heteroatoms. The second-order valence-electron chi connectivity index (χ2n) is 7.21. The van der Waals surface area contributed by atoms with Crippen LogP contribution in [0.25, 0.3) is 0 Å². The molecule has 1 aliphatic heterocycles. The number of halogens is 2. The van der Waals surface area contributed by atoms with Crippen LogP contribution < -0.4 is 5.32 Å². The normalized spacial score (nSPS) is 14.6. The topological polar surface area (TPSA) is 44.8 Å². The van der Waals surface area contributed by atoms with Crippen LogP contribution in [0.5, 0.6) is 0 Å². The number of amides is 2. The number of nitrogens with zero attached hydrogens (tertiary/aromatic N) is 2. The second-order valence-corrected chi connectivity index (χ2v) is 8.05. The first kappa shape index (κ1) is 21.9. The van der Waals surface area contributed by atoms with E-state index >= 15 is 0 Å². The van der Waals surface area contributed by atoms with Crippen molar-refractivity contribution in [3.05, 3.63) is 63.6 Å². The van der Waals surface area contributed by atoms with Gasteiger partial charge in [-0.2, -0.15) is 0 Å². The van der Waals surface area contributed by atoms with Gasteiger partial charge in [0.15, 0.2) is 0 Å². The lowest BCUT2D eigenvalue weighted by Gasteiger charge is -2.29. The van der Waals surface area contributed by atoms with Crippen LogP contribution in [-0.4, -0.2) is 55.2 Å². The van der Waals surface area contributed by atoms with Crippen molar-refractivity contribution >= 4 is 34.9 Å². The Hall–Kier alpha value is -1.79. The molecule has 156 valence electrons. The maximum atomic E-state index is 13.0. The van der Waals surface area contributed by atoms with Crippen LogP contribution in [0.3, 0.4) is 0 Å². The Bertz CT molecular complexity index is 825. The van der Waals surface area contributed by atoms with E-state index in [9.17, 15) is 4.79 Å². The summed E-state index contributed by atoms with van der Waals surface area (Å²) in [7, 11) is 0. The summed E-state index contributed by atoms with van der Waals surface area (Å²) in [6, 6.07) is 13.0. The van der Waals surface area contributed by atoms with Crippen LogP contribution in [0.1, 0.15) is 17.5 Å². The second kappa shape index (κ2) is 10.8. The van der Waals surface area contributed by atoms with Crippen molar-refractivity contribution in [1.82, 2.24) is 9.80 Å². The van der Waals surface area contributed by atoms with Gasteiger partial charge in [0.2, 0.25) is 0 Å². The van der Waals surface area contributed by atoms with E-state index in [1.807, 2.05) is 17.0 Å². The third kappa shape index (κ3) is 6.61. The van der Waals surface area contributed by atoms with Gasteiger partial charge in [0.25, 0.3) is 0 Å². The number of benzene rings is 2. The van der Waals surface area contributed by atoms with Gasteiger partial charge in [-0.15, -0.1) is 0 Å². The fraction of sp³-hybridized carbons (Fsp3) is 0.409. The predicted molar refractivity (Wildman–Crippen MR) is 119 cm³/mol. The first-order valence-electron chi connectivity index (χ1n) is 9.88. The van der Waals surface area contributed by atoms with Crippen molar-refractivity contribution in [3.63, 3.8) is 0 Å². The Labute approximate surface area is 182 Å². The molecule has 1 aliphatic rings. The Balaban J connectivity index is 1.66. The average Bonchev–Trinajstić information content (AvgIpc) is 2.71. The highest BCUT2D eigenvalue weighted by Gasteiger charge is 2.17. The zero-order chi connectivity index (χ0) is 20.6. The van der Waals surface area contributed by atoms with Crippen LogP contribution in [0.4, 0.5) is 10.5 Å². The maximum absolute atomic E-state index is 13.0. The van der Waals surface area contributed by atoms with Crippen LogP contribution in [-0.2, 0) is 11.3 Å². The molecule has 1 fully saturated rings. The molecule has 0 aliphatic carbocycles. The monoisotopic (exact) mass is 435 g/mol. The van der Waals surface area contributed by atoms with Crippen molar-refractivity contribution in [2.24, 2.45) is 0 Å². The highest BCUT2D eigenvalue weighted by Crippen LogP contribution is 2.26. The minimum absolute atomic E-state index is 0.167. The summed E-state index contributed by atoms with van der Waals surface area (Å²) in [5.74, 6) is 0. The fourth-order valence-corrected chi connectivity index (χ4v) is 3.80. The smallest absolute Gasteiger partial charge is 0.322 e. The predicted octanol–water partition coefficient (Wildman–Crippen LogP) is 5.06. The molecule has 0 bridgehead atoms. The van der Waals surface area contributed by atoms with Crippen molar-refractivity contribution < 1.29 is 9.53 Å². The van der Waals surface area contributed by atoms with E-state index in [0.717, 1.165) is 44.8 Å². The van der Waals surface area contributed by atoms with Crippen molar-refractivity contribution in [2.75, 3.05) is 44.7 Å². The van der Waals surface area contributed by atoms with Gasteiger partial charge in [-0.25, -0.2) is 4.79 Å². The maximum Gasteiger partial charge on any atom is 0.322 e. The number of carbonyl (C=O) groups excluding carboxylic acids is 1. The highest BCUT2D eigenvalue weighted by molar-refractivity contribution is 6.36. The summed E-state index contributed by atoms with van der Waals surface area (Å²) >= 11 is 12.2. The number of carbonyl (C=O) groups is 1. The molecular weight excluding hydrogens is 409 g/mol. The summed E-state index contributed by atoms with van der Waals surface area (Å²) in [4.78, 5) is 17.3. The number of anilines is 1. The number of urea groups is 1. The van der Waals surface area contributed by atoms with Gasteiger partial charge in [0.1, 0.15) is 0 Å². The largest absolute Gasteiger partial charge is 0.379 e. The number of ether oxygens (including phenoxy) is 1. The summed E-state index contributed by atoms with van der Waals surface area (Å²) in [5, 5.41) is 3.89. The molecular formula is C22H27Cl2N3O2. The molecule has 0 unspecified atom stereocenters. The van der Waals surface area contributed by atoms with Crippen molar-refractivity contribution in [2.45, 2.75) is 19.9 Å².